The highest BCUT2D eigenvalue weighted by molar-refractivity contribution is 5.88. The average Bonchev–Trinajstić information content (AvgIpc) is 2.35. The molecule has 0 atom stereocenters. The van der Waals surface area contributed by atoms with Gasteiger partial charge in [-0.25, -0.2) is 9.78 Å². The van der Waals surface area contributed by atoms with Crippen molar-refractivity contribution in [2.45, 2.75) is 26.7 Å². The van der Waals surface area contributed by atoms with Gasteiger partial charge < -0.3 is 9.84 Å². The molecule has 0 aliphatic heterocycles. The summed E-state index contributed by atoms with van der Waals surface area (Å²) in [5, 5.41) is 17.8. The van der Waals surface area contributed by atoms with Gasteiger partial charge in [0.25, 0.3) is 0 Å². The molecular formula is C13H16N2O3. The number of hydrogen-bond donors (Lipinski definition) is 1. The first-order chi connectivity index (χ1) is 8.46. The van der Waals surface area contributed by atoms with Crippen LogP contribution in [0.15, 0.2) is 18.3 Å². The van der Waals surface area contributed by atoms with Crippen LogP contribution in [0.3, 0.4) is 0 Å². The quantitative estimate of drug-likeness (QED) is 0.782. The number of pyridine rings is 1. The van der Waals surface area contributed by atoms with Gasteiger partial charge in [-0.05, 0) is 38.8 Å². The second-order valence-corrected chi connectivity index (χ2v) is 4.60. The van der Waals surface area contributed by atoms with Crippen molar-refractivity contribution in [1.82, 2.24) is 4.98 Å². The molecule has 0 aliphatic carbocycles. The number of hydrogen-bond acceptors (Lipinski definition) is 4. The van der Waals surface area contributed by atoms with Crippen LogP contribution < -0.4 is 4.74 Å². The number of rotatable bonds is 6. The van der Waals surface area contributed by atoms with Crippen LogP contribution in [0.2, 0.25) is 0 Å². The van der Waals surface area contributed by atoms with Crippen molar-refractivity contribution in [1.29, 1.82) is 5.26 Å². The van der Waals surface area contributed by atoms with Gasteiger partial charge in [0.2, 0.25) is 0 Å². The van der Waals surface area contributed by atoms with Crippen molar-refractivity contribution >= 4 is 5.97 Å². The molecule has 5 heteroatoms. The Morgan fingerprint density at radius 2 is 2.33 bits per heavy atom. The van der Waals surface area contributed by atoms with E-state index in [9.17, 15) is 4.79 Å². The monoisotopic (exact) mass is 248 g/mol. The molecule has 1 heterocycles. The van der Waals surface area contributed by atoms with Gasteiger partial charge in [0, 0.05) is 6.20 Å². The summed E-state index contributed by atoms with van der Waals surface area (Å²) in [6, 6.07) is 5.41. The van der Waals surface area contributed by atoms with E-state index in [2.05, 4.69) is 11.1 Å². The molecule has 0 spiro atoms. The molecule has 0 saturated heterocycles. The Kier molecular flexibility index (Phi) is 4.67. The third-order valence-electron chi connectivity index (χ3n) is 2.48. The highest BCUT2D eigenvalue weighted by Gasteiger charge is 2.16. The molecule has 0 unspecified atom stereocenters. The molecule has 96 valence electrons. The minimum Gasteiger partial charge on any atom is -0.491 e. The van der Waals surface area contributed by atoms with Crippen molar-refractivity contribution in [3.8, 4) is 11.8 Å². The molecule has 5 nitrogen and oxygen atoms in total. The smallest absolute Gasteiger partial charge is 0.358 e. The summed E-state index contributed by atoms with van der Waals surface area (Å²) in [6.45, 7) is 4.09. The number of carbonyl (C=O) groups is 1. The lowest BCUT2D eigenvalue weighted by molar-refractivity contribution is 0.0685. The van der Waals surface area contributed by atoms with Crippen LogP contribution in [0.5, 0.6) is 5.75 Å². The molecule has 1 aromatic heterocycles. The molecule has 0 saturated carbocycles. The standard InChI is InChI=1S/C13H16N2O3/c1-13(2,9-14)6-4-8-18-10-5-3-7-15-11(10)12(16)17/h3,5,7H,4,6,8H2,1-2H3,(H,16,17). The summed E-state index contributed by atoms with van der Waals surface area (Å²) in [5.74, 6) is -0.845. The number of ether oxygens (including phenoxy) is 1. The van der Waals surface area contributed by atoms with E-state index in [-0.39, 0.29) is 16.9 Å². The summed E-state index contributed by atoms with van der Waals surface area (Å²) >= 11 is 0. The van der Waals surface area contributed by atoms with Crippen LogP contribution >= 0.6 is 0 Å². The Balaban J connectivity index is 2.50. The summed E-state index contributed by atoms with van der Waals surface area (Å²) in [4.78, 5) is 14.6. The zero-order valence-corrected chi connectivity index (χ0v) is 10.5. The summed E-state index contributed by atoms with van der Waals surface area (Å²) < 4.78 is 5.39. The number of carboxylic acids is 1. The maximum Gasteiger partial charge on any atom is 0.358 e. The lowest BCUT2D eigenvalue weighted by atomic mass is 9.90. The number of nitriles is 1. The lowest BCUT2D eigenvalue weighted by Gasteiger charge is -2.15. The van der Waals surface area contributed by atoms with E-state index in [4.69, 9.17) is 15.1 Å². The normalized spacial score (nSPS) is 10.7. The molecule has 1 rings (SSSR count). The van der Waals surface area contributed by atoms with Gasteiger partial charge in [-0.3, -0.25) is 0 Å². The highest BCUT2D eigenvalue weighted by Crippen LogP contribution is 2.21. The van der Waals surface area contributed by atoms with Gasteiger partial charge in [0.1, 0.15) is 0 Å². The van der Waals surface area contributed by atoms with Gasteiger partial charge in [-0.1, -0.05) is 0 Å². The second kappa shape index (κ2) is 6.01. The Hall–Kier alpha value is -2.09. The van der Waals surface area contributed by atoms with Gasteiger partial charge in [-0.15, -0.1) is 0 Å². The zero-order valence-electron chi connectivity index (χ0n) is 10.5. The summed E-state index contributed by atoms with van der Waals surface area (Å²) in [7, 11) is 0. The Morgan fingerprint density at radius 1 is 1.61 bits per heavy atom. The molecule has 0 amide bonds. The second-order valence-electron chi connectivity index (χ2n) is 4.60. The van der Waals surface area contributed by atoms with Crippen molar-refractivity contribution in [2.24, 2.45) is 5.41 Å². The zero-order chi connectivity index (χ0) is 13.6. The van der Waals surface area contributed by atoms with Crippen molar-refractivity contribution in [3.05, 3.63) is 24.0 Å². The summed E-state index contributed by atoms with van der Waals surface area (Å²) in [5.41, 5.74) is -0.467. The van der Waals surface area contributed by atoms with E-state index in [0.717, 1.165) is 0 Å². The maximum atomic E-state index is 10.9. The van der Waals surface area contributed by atoms with E-state index >= 15 is 0 Å². The van der Waals surface area contributed by atoms with Crippen molar-refractivity contribution < 1.29 is 14.6 Å². The van der Waals surface area contributed by atoms with Crippen molar-refractivity contribution in [2.75, 3.05) is 6.61 Å². The lowest BCUT2D eigenvalue weighted by Crippen LogP contribution is -2.11. The largest absolute Gasteiger partial charge is 0.491 e. The van der Waals surface area contributed by atoms with Gasteiger partial charge in [0.05, 0.1) is 18.1 Å². The fourth-order valence-electron chi connectivity index (χ4n) is 1.42. The predicted molar refractivity (Wildman–Crippen MR) is 65.3 cm³/mol. The Bertz CT molecular complexity index is 464. The molecule has 1 aromatic rings. The molecule has 0 fully saturated rings. The van der Waals surface area contributed by atoms with E-state index in [1.54, 1.807) is 12.1 Å². The van der Waals surface area contributed by atoms with Crippen LogP contribution in [0.1, 0.15) is 37.2 Å². The minimum absolute atomic E-state index is 0.0861. The van der Waals surface area contributed by atoms with E-state index in [1.165, 1.54) is 6.20 Å². The highest BCUT2D eigenvalue weighted by atomic mass is 16.5. The Morgan fingerprint density at radius 3 is 2.94 bits per heavy atom. The number of aromatic nitrogens is 1. The van der Waals surface area contributed by atoms with Crippen LogP contribution in [0.25, 0.3) is 0 Å². The predicted octanol–water partition coefficient (Wildman–Crippen LogP) is 2.49. The first kappa shape index (κ1) is 14.0. The number of carboxylic acid groups (broad SMARTS) is 1. The molecular weight excluding hydrogens is 232 g/mol. The SMILES string of the molecule is CC(C)(C#N)CCCOc1cccnc1C(=O)O. The molecule has 0 bridgehead atoms. The molecule has 0 aliphatic rings. The fraction of sp³-hybridized carbons (Fsp3) is 0.462. The summed E-state index contributed by atoms with van der Waals surface area (Å²) in [6.07, 6.45) is 2.80. The third kappa shape index (κ3) is 4.06. The van der Waals surface area contributed by atoms with Crippen LogP contribution in [-0.2, 0) is 0 Å². The van der Waals surface area contributed by atoms with Crippen molar-refractivity contribution in [3.63, 3.8) is 0 Å². The number of nitrogens with zero attached hydrogens (tertiary/aromatic N) is 2. The van der Waals surface area contributed by atoms with Gasteiger partial charge in [-0.2, -0.15) is 5.26 Å². The minimum atomic E-state index is -1.11. The molecule has 18 heavy (non-hydrogen) atoms. The molecule has 1 N–H and O–H groups in total. The van der Waals surface area contributed by atoms with E-state index < -0.39 is 5.97 Å². The first-order valence-electron chi connectivity index (χ1n) is 5.68. The van der Waals surface area contributed by atoms with E-state index in [1.807, 2.05) is 13.8 Å². The Labute approximate surface area is 106 Å². The number of aromatic carboxylic acids is 1. The maximum absolute atomic E-state index is 10.9. The van der Waals surface area contributed by atoms with E-state index in [0.29, 0.717) is 19.4 Å². The topological polar surface area (TPSA) is 83.2 Å². The third-order valence-corrected chi connectivity index (χ3v) is 2.48. The van der Waals surface area contributed by atoms with Crippen LogP contribution in [-0.4, -0.2) is 22.7 Å². The van der Waals surface area contributed by atoms with Crippen LogP contribution in [0, 0.1) is 16.7 Å². The van der Waals surface area contributed by atoms with Gasteiger partial charge in [0.15, 0.2) is 11.4 Å². The molecule has 0 aromatic carbocycles. The van der Waals surface area contributed by atoms with Crippen LogP contribution in [0.4, 0.5) is 0 Å². The first-order valence-corrected chi connectivity index (χ1v) is 5.68. The molecule has 0 radical (unpaired) electrons. The fourth-order valence-corrected chi connectivity index (χ4v) is 1.42. The van der Waals surface area contributed by atoms with Gasteiger partial charge >= 0.3 is 5.97 Å². The average molecular weight is 248 g/mol.